The van der Waals surface area contributed by atoms with Gasteiger partial charge in [-0.05, 0) is 44.5 Å². The zero-order chi connectivity index (χ0) is 12.4. The molecule has 1 aromatic carbocycles. The van der Waals surface area contributed by atoms with Crippen LogP contribution in [0.3, 0.4) is 0 Å². The third kappa shape index (κ3) is 2.55. The van der Waals surface area contributed by atoms with E-state index in [2.05, 4.69) is 43.1 Å². The molecule has 1 heterocycles. The number of hydrogen-bond donors (Lipinski definition) is 1. The molecule has 0 amide bonds. The molecule has 0 aliphatic carbocycles. The van der Waals surface area contributed by atoms with Gasteiger partial charge in [0, 0.05) is 30.9 Å². The lowest BCUT2D eigenvalue weighted by atomic mass is 10.1. The Labute approximate surface area is 104 Å². The monoisotopic (exact) mass is 234 g/mol. The van der Waals surface area contributed by atoms with E-state index in [0.717, 1.165) is 18.8 Å². The van der Waals surface area contributed by atoms with Crippen LogP contribution in [0, 0.1) is 6.92 Å². The average molecular weight is 234 g/mol. The highest BCUT2D eigenvalue weighted by atomic mass is 16.5. The third-order valence-electron chi connectivity index (χ3n) is 3.48. The van der Waals surface area contributed by atoms with Gasteiger partial charge in [-0.2, -0.15) is 0 Å². The van der Waals surface area contributed by atoms with Crippen molar-refractivity contribution < 1.29 is 4.74 Å². The van der Waals surface area contributed by atoms with Crippen LogP contribution in [-0.4, -0.2) is 32.3 Å². The molecule has 0 radical (unpaired) electrons. The number of benzene rings is 1. The minimum Gasteiger partial charge on any atom is -0.497 e. The Kier molecular flexibility index (Phi) is 3.57. The van der Waals surface area contributed by atoms with Crippen LogP contribution in [0.4, 0.5) is 5.69 Å². The van der Waals surface area contributed by atoms with Gasteiger partial charge in [0.15, 0.2) is 0 Å². The summed E-state index contributed by atoms with van der Waals surface area (Å²) < 4.78 is 5.25. The van der Waals surface area contributed by atoms with Crippen LogP contribution in [-0.2, 0) is 0 Å². The fourth-order valence-corrected chi connectivity index (χ4v) is 2.43. The lowest BCUT2D eigenvalue weighted by Crippen LogP contribution is -2.54. The maximum atomic E-state index is 5.25. The molecule has 3 heteroatoms. The number of anilines is 1. The number of nitrogens with zero attached hydrogens (tertiary/aromatic N) is 1. The Hall–Kier alpha value is -1.22. The van der Waals surface area contributed by atoms with Crippen molar-refractivity contribution in [3.05, 3.63) is 23.8 Å². The van der Waals surface area contributed by atoms with Gasteiger partial charge in [-0.15, -0.1) is 0 Å². The van der Waals surface area contributed by atoms with E-state index in [4.69, 9.17) is 4.74 Å². The lowest BCUT2D eigenvalue weighted by Gasteiger charge is -2.40. The smallest absolute Gasteiger partial charge is 0.119 e. The molecule has 1 aliphatic heterocycles. The molecule has 2 unspecified atom stereocenters. The molecule has 2 atom stereocenters. The Morgan fingerprint density at radius 1 is 1.35 bits per heavy atom. The summed E-state index contributed by atoms with van der Waals surface area (Å²) >= 11 is 0. The Bertz CT molecular complexity index is 392. The topological polar surface area (TPSA) is 24.5 Å². The quantitative estimate of drug-likeness (QED) is 0.849. The summed E-state index contributed by atoms with van der Waals surface area (Å²) in [5, 5.41) is 3.51. The van der Waals surface area contributed by atoms with Gasteiger partial charge in [0.1, 0.15) is 5.75 Å². The van der Waals surface area contributed by atoms with Gasteiger partial charge in [0.05, 0.1) is 7.11 Å². The molecule has 3 nitrogen and oxygen atoms in total. The number of piperazine rings is 1. The van der Waals surface area contributed by atoms with E-state index >= 15 is 0 Å². The SMILES string of the molecule is COc1ccc(N2CC(C)NCC2C)c(C)c1. The Balaban J connectivity index is 2.26. The molecule has 1 aromatic rings. The first-order chi connectivity index (χ1) is 8.11. The van der Waals surface area contributed by atoms with Crippen molar-refractivity contribution >= 4 is 5.69 Å². The van der Waals surface area contributed by atoms with E-state index in [1.54, 1.807) is 7.11 Å². The summed E-state index contributed by atoms with van der Waals surface area (Å²) in [6, 6.07) is 7.41. The van der Waals surface area contributed by atoms with Crippen LogP contribution < -0.4 is 15.0 Å². The van der Waals surface area contributed by atoms with Crippen LogP contribution >= 0.6 is 0 Å². The van der Waals surface area contributed by atoms with E-state index in [9.17, 15) is 0 Å². The highest BCUT2D eigenvalue weighted by Crippen LogP contribution is 2.27. The maximum absolute atomic E-state index is 5.25. The van der Waals surface area contributed by atoms with E-state index in [-0.39, 0.29) is 0 Å². The van der Waals surface area contributed by atoms with Gasteiger partial charge in [0.2, 0.25) is 0 Å². The van der Waals surface area contributed by atoms with Crippen molar-refractivity contribution in [2.24, 2.45) is 0 Å². The molecule has 0 saturated carbocycles. The molecule has 17 heavy (non-hydrogen) atoms. The summed E-state index contributed by atoms with van der Waals surface area (Å²) in [6.07, 6.45) is 0. The second-order valence-corrected chi connectivity index (χ2v) is 4.96. The number of nitrogens with one attached hydrogen (secondary N) is 1. The molecule has 0 aromatic heterocycles. The number of aryl methyl sites for hydroxylation is 1. The van der Waals surface area contributed by atoms with E-state index in [0.29, 0.717) is 12.1 Å². The molecule has 1 aliphatic rings. The summed E-state index contributed by atoms with van der Waals surface area (Å²) in [6.45, 7) is 8.76. The van der Waals surface area contributed by atoms with Gasteiger partial charge < -0.3 is 15.0 Å². The fraction of sp³-hybridized carbons (Fsp3) is 0.571. The first kappa shape index (κ1) is 12.2. The minimum absolute atomic E-state index is 0.540. The molecule has 0 bridgehead atoms. The maximum Gasteiger partial charge on any atom is 0.119 e. The van der Waals surface area contributed by atoms with Gasteiger partial charge in [-0.3, -0.25) is 0 Å². The first-order valence-electron chi connectivity index (χ1n) is 6.26. The molecular formula is C14H22N2O. The van der Waals surface area contributed by atoms with Gasteiger partial charge in [-0.25, -0.2) is 0 Å². The van der Waals surface area contributed by atoms with Crippen LogP contribution in [0.15, 0.2) is 18.2 Å². The van der Waals surface area contributed by atoms with Gasteiger partial charge in [-0.1, -0.05) is 0 Å². The molecule has 2 rings (SSSR count). The number of rotatable bonds is 2. The van der Waals surface area contributed by atoms with Crippen LogP contribution in [0.5, 0.6) is 5.75 Å². The van der Waals surface area contributed by atoms with Crippen molar-refractivity contribution in [1.82, 2.24) is 5.32 Å². The first-order valence-corrected chi connectivity index (χ1v) is 6.26. The lowest BCUT2D eigenvalue weighted by molar-refractivity contribution is 0.412. The van der Waals surface area contributed by atoms with Crippen molar-refractivity contribution in [3.63, 3.8) is 0 Å². The summed E-state index contributed by atoms with van der Waals surface area (Å²) in [4.78, 5) is 2.48. The number of ether oxygens (including phenoxy) is 1. The van der Waals surface area contributed by atoms with Crippen molar-refractivity contribution in [2.45, 2.75) is 32.9 Å². The average Bonchev–Trinajstić information content (AvgIpc) is 2.32. The van der Waals surface area contributed by atoms with Gasteiger partial charge in [0.25, 0.3) is 0 Å². The van der Waals surface area contributed by atoms with E-state index in [1.807, 2.05) is 6.07 Å². The predicted octanol–water partition coefficient (Wildman–Crippen LogP) is 2.19. The van der Waals surface area contributed by atoms with Gasteiger partial charge >= 0.3 is 0 Å². The highest BCUT2D eigenvalue weighted by molar-refractivity contribution is 5.57. The van der Waals surface area contributed by atoms with Crippen LogP contribution in [0.2, 0.25) is 0 Å². The second kappa shape index (κ2) is 4.96. The zero-order valence-corrected chi connectivity index (χ0v) is 11.2. The van der Waals surface area contributed by atoms with E-state index in [1.165, 1.54) is 11.3 Å². The van der Waals surface area contributed by atoms with Crippen molar-refractivity contribution in [3.8, 4) is 5.75 Å². The second-order valence-electron chi connectivity index (χ2n) is 4.96. The zero-order valence-electron chi connectivity index (χ0n) is 11.2. The molecule has 1 saturated heterocycles. The minimum atomic E-state index is 0.540. The number of methoxy groups -OCH3 is 1. The molecular weight excluding hydrogens is 212 g/mol. The Morgan fingerprint density at radius 3 is 2.76 bits per heavy atom. The normalized spacial score (nSPS) is 24.8. The molecule has 94 valence electrons. The standard InChI is InChI=1S/C14H22N2O/c1-10-7-13(17-4)5-6-14(10)16-9-11(2)15-8-12(16)3/h5-7,11-12,15H,8-9H2,1-4H3. The van der Waals surface area contributed by atoms with E-state index < -0.39 is 0 Å². The van der Waals surface area contributed by atoms with Crippen LogP contribution in [0.1, 0.15) is 19.4 Å². The predicted molar refractivity (Wildman–Crippen MR) is 72.0 cm³/mol. The van der Waals surface area contributed by atoms with Crippen molar-refractivity contribution in [1.29, 1.82) is 0 Å². The van der Waals surface area contributed by atoms with Crippen molar-refractivity contribution in [2.75, 3.05) is 25.1 Å². The summed E-state index contributed by atoms with van der Waals surface area (Å²) in [5.74, 6) is 0.932. The molecule has 0 spiro atoms. The summed E-state index contributed by atoms with van der Waals surface area (Å²) in [7, 11) is 1.71. The third-order valence-corrected chi connectivity index (χ3v) is 3.48. The molecule has 1 N–H and O–H groups in total. The highest BCUT2D eigenvalue weighted by Gasteiger charge is 2.23. The van der Waals surface area contributed by atoms with Crippen LogP contribution in [0.25, 0.3) is 0 Å². The molecule has 1 fully saturated rings. The Morgan fingerprint density at radius 2 is 2.12 bits per heavy atom. The fourth-order valence-electron chi connectivity index (χ4n) is 2.43. The summed E-state index contributed by atoms with van der Waals surface area (Å²) in [5.41, 5.74) is 2.61. The number of hydrogen-bond acceptors (Lipinski definition) is 3. The largest absolute Gasteiger partial charge is 0.497 e.